The highest BCUT2D eigenvalue weighted by Gasteiger charge is 2.39. The summed E-state index contributed by atoms with van der Waals surface area (Å²) in [4.78, 5) is 1.86. The smallest absolute Gasteiger partial charge is 0.216 e. The second-order valence-electron chi connectivity index (χ2n) is 4.51. The van der Waals surface area contributed by atoms with Crippen LogP contribution in [0.15, 0.2) is 0 Å². The van der Waals surface area contributed by atoms with E-state index in [0.717, 1.165) is 0 Å². The quantitative estimate of drug-likeness (QED) is 0.706. The Labute approximate surface area is 91.7 Å². The van der Waals surface area contributed by atoms with E-state index in [-0.39, 0.29) is 12.6 Å². The number of aliphatic hydroxyl groups is 1. The lowest BCUT2D eigenvalue weighted by molar-refractivity contribution is 0.113. The van der Waals surface area contributed by atoms with Gasteiger partial charge in [-0.15, -0.1) is 0 Å². The first-order chi connectivity index (χ1) is 6.76. The van der Waals surface area contributed by atoms with Crippen LogP contribution in [0, 0.1) is 0 Å². The van der Waals surface area contributed by atoms with Crippen molar-refractivity contribution in [3.63, 3.8) is 0 Å². The predicted octanol–water partition coefficient (Wildman–Crippen LogP) is -0.669. The zero-order valence-electron chi connectivity index (χ0n) is 9.71. The number of likely N-dealkylation sites (N-methyl/N-ethyl adjacent to an activating group) is 1. The molecule has 0 aromatic carbocycles. The van der Waals surface area contributed by atoms with Crippen LogP contribution in [0.2, 0.25) is 0 Å². The summed E-state index contributed by atoms with van der Waals surface area (Å²) in [5.74, 6) is 0. The van der Waals surface area contributed by atoms with E-state index in [4.69, 9.17) is 0 Å². The van der Waals surface area contributed by atoms with E-state index in [9.17, 15) is 13.5 Å². The van der Waals surface area contributed by atoms with Gasteiger partial charge in [0.15, 0.2) is 0 Å². The molecule has 1 N–H and O–H groups in total. The van der Waals surface area contributed by atoms with Crippen LogP contribution in [0.4, 0.5) is 0 Å². The Morgan fingerprint density at radius 2 is 1.87 bits per heavy atom. The van der Waals surface area contributed by atoms with Gasteiger partial charge in [-0.1, -0.05) is 0 Å². The third-order valence-electron chi connectivity index (χ3n) is 2.84. The maximum Gasteiger partial charge on any atom is 0.216 e. The molecule has 1 fully saturated rings. The first-order valence-electron chi connectivity index (χ1n) is 5.10. The number of rotatable bonds is 3. The molecule has 5 nitrogen and oxygen atoms in total. The molecule has 0 saturated carbocycles. The highest BCUT2D eigenvalue weighted by molar-refractivity contribution is 7.89. The van der Waals surface area contributed by atoms with E-state index >= 15 is 0 Å². The van der Waals surface area contributed by atoms with Gasteiger partial charge in [-0.25, -0.2) is 8.42 Å². The number of hydrogen-bond donors (Lipinski definition) is 1. The molecule has 1 saturated heterocycles. The Kier molecular flexibility index (Phi) is 3.76. The van der Waals surface area contributed by atoms with Gasteiger partial charge in [-0.2, -0.15) is 4.31 Å². The molecule has 1 heterocycles. The third-order valence-corrected chi connectivity index (χ3v) is 5.05. The van der Waals surface area contributed by atoms with Gasteiger partial charge in [0.1, 0.15) is 0 Å². The molecule has 15 heavy (non-hydrogen) atoms. The molecule has 2 atom stereocenters. The Balaban J connectivity index is 2.79. The van der Waals surface area contributed by atoms with Crippen molar-refractivity contribution in [2.75, 3.05) is 27.2 Å². The molecule has 90 valence electrons. The summed E-state index contributed by atoms with van der Waals surface area (Å²) in [5, 5.41) is 9.30. The molecule has 1 aliphatic rings. The first kappa shape index (κ1) is 12.9. The summed E-state index contributed by atoms with van der Waals surface area (Å²) >= 11 is 0. The van der Waals surface area contributed by atoms with E-state index in [1.165, 1.54) is 4.31 Å². The molecule has 0 aliphatic carbocycles. The molecule has 1 aliphatic heterocycles. The van der Waals surface area contributed by atoms with E-state index in [1.807, 2.05) is 19.0 Å². The number of sulfonamides is 1. The van der Waals surface area contributed by atoms with E-state index in [2.05, 4.69) is 0 Å². The van der Waals surface area contributed by atoms with E-state index < -0.39 is 21.4 Å². The number of β-amino-alcohol motifs (C(OH)–C–C–N with tert-alkyl or cyclic N) is 1. The van der Waals surface area contributed by atoms with Gasteiger partial charge in [-0.3, -0.25) is 0 Å². The van der Waals surface area contributed by atoms with Crippen molar-refractivity contribution in [3.05, 3.63) is 0 Å². The van der Waals surface area contributed by atoms with Crippen molar-refractivity contribution < 1.29 is 13.5 Å². The second-order valence-corrected chi connectivity index (χ2v) is 7.00. The van der Waals surface area contributed by atoms with Crippen molar-refractivity contribution in [1.29, 1.82) is 0 Å². The van der Waals surface area contributed by atoms with Crippen LogP contribution < -0.4 is 0 Å². The fraction of sp³-hybridized carbons (Fsp3) is 1.00. The molecule has 0 aromatic rings. The van der Waals surface area contributed by atoms with Crippen molar-refractivity contribution in [3.8, 4) is 0 Å². The SMILES string of the molecule is CC(C)S(=O)(=O)N1C[C@@H](O)[C@H](N(C)C)C1. The van der Waals surface area contributed by atoms with Crippen LogP contribution in [-0.4, -0.2) is 67.3 Å². The third kappa shape index (κ3) is 2.50. The Hall–Kier alpha value is -0.170. The number of aliphatic hydroxyl groups excluding tert-OH is 1. The minimum Gasteiger partial charge on any atom is -0.390 e. The molecule has 0 radical (unpaired) electrons. The maximum absolute atomic E-state index is 11.8. The van der Waals surface area contributed by atoms with Gasteiger partial charge in [0.05, 0.1) is 17.4 Å². The Bertz CT molecular complexity index is 313. The largest absolute Gasteiger partial charge is 0.390 e. The van der Waals surface area contributed by atoms with E-state index in [0.29, 0.717) is 6.54 Å². The predicted molar refractivity (Wildman–Crippen MR) is 59.1 cm³/mol. The average molecular weight is 236 g/mol. The summed E-state index contributed by atoms with van der Waals surface area (Å²) < 4.78 is 25.1. The highest BCUT2D eigenvalue weighted by Crippen LogP contribution is 2.20. The molecule has 0 spiro atoms. The lowest BCUT2D eigenvalue weighted by Crippen LogP contribution is -2.39. The Morgan fingerprint density at radius 3 is 2.20 bits per heavy atom. The summed E-state index contributed by atoms with van der Waals surface area (Å²) in [7, 11) is 0.464. The molecular weight excluding hydrogens is 216 g/mol. The van der Waals surface area contributed by atoms with Crippen molar-refractivity contribution >= 4 is 10.0 Å². The van der Waals surface area contributed by atoms with Crippen molar-refractivity contribution in [2.45, 2.75) is 31.2 Å². The van der Waals surface area contributed by atoms with Gasteiger partial charge < -0.3 is 10.0 Å². The summed E-state index contributed by atoms with van der Waals surface area (Å²) in [6.07, 6.45) is -0.589. The zero-order chi connectivity index (χ0) is 11.8. The molecule has 1 rings (SSSR count). The molecule has 0 unspecified atom stereocenters. The first-order valence-corrected chi connectivity index (χ1v) is 6.60. The monoisotopic (exact) mass is 236 g/mol. The standard InChI is InChI=1S/C9H20N2O3S/c1-7(2)15(13,14)11-5-8(10(3)4)9(12)6-11/h7-9,12H,5-6H2,1-4H3/t8-,9-/m1/s1. The zero-order valence-corrected chi connectivity index (χ0v) is 10.5. The topological polar surface area (TPSA) is 60.9 Å². The number of hydrogen-bond acceptors (Lipinski definition) is 4. The van der Waals surface area contributed by atoms with Crippen LogP contribution >= 0.6 is 0 Å². The molecule has 0 bridgehead atoms. The Morgan fingerprint density at radius 1 is 1.33 bits per heavy atom. The van der Waals surface area contributed by atoms with Crippen LogP contribution in [0.3, 0.4) is 0 Å². The van der Waals surface area contributed by atoms with Crippen LogP contribution in [0.25, 0.3) is 0 Å². The number of nitrogens with zero attached hydrogens (tertiary/aromatic N) is 2. The summed E-state index contributed by atoms with van der Waals surface area (Å²) in [5.41, 5.74) is 0. The van der Waals surface area contributed by atoms with Gasteiger partial charge >= 0.3 is 0 Å². The molecular formula is C9H20N2O3S. The van der Waals surface area contributed by atoms with Crippen LogP contribution in [0.5, 0.6) is 0 Å². The fourth-order valence-electron chi connectivity index (χ4n) is 1.75. The minimum absolute atomic E-state index is 0.0986. The molecule has 6 heteroatoms. The maximum atomic E-state index is 11.8. The lowest BCUT2D eigenvalue weighted by atomic mass is 10.2. The minimum atomic E-state index is -3.23. The summed E-state index contributed by atoms with van der Waals surface area (Å²) in [6, 6.07) is -0.0986. The fourth-order valence-corrected chi connectivity index (χ4v) is 3.07. The van der Waals surface area contributed by atoms with Gasteiger partial charge in [0.25, 0.3) is 0 Å². The normalized spacial score (nSPS) is 29.3. The summed E-state index contributed by atoms with van der Waals surface area (Å²) in [6.45, 7) is 3.91. The van der Waals surface area contributed by atoms with Gasteiger partial charge in [0.2, 0.25) is 10.0 Å². The van der Waals surface area contributed by atoms with Crippen LogP contribution in [0.1, 0.15) is 13.8 Å². The van der Waals surface area contributed by atoms with Crippen molar-refractivity contribution in [2.24, 2.45) is 0 Å². The van der Waals surface area contributed by atoms with Gasteiger partial charge in [-0.05, 0) is 27.9 Å². The average Bonchev–Trinajstić information content (AvgIpc) is 2.47. The van der Waals surface area contributed by atoms with E-state index in [1.54, 1.807) is 13.8 Å². The van der Waals surface area contributed by atoms with Gasteiger partial charge in [0, 0.05) is 13.1 Å². The molecule has 0 aromatic heterocycles. The highest BCUT2D eigenvalue weighted by atomic mass is 32.2. The second kappa shape index (κ2) is 4.37. The van der Waals surface area contributed by atoms with Crippen molar-refractivity contribution in [1.82, 2.24) is 9.21 Å². The van der Waals surface area contributed by atoms with Crippen LogP contribution in [-0.2, 0) is 10.0 Å². The lowest BCUT2D eigenvalue weighted by Gasteiger charge is -2.22. The molecule has 0 amide bonds.